The molecule has 1 amide bonds. The molecule has 1 N–H and O–H groups in total. The number of benzene rings is 1. The molecule has 0 saturated carbocycles. The smallest absolute Gasteiger partial charge is 0.407 e. The fourth-order valence-electron chi connectivity index (χ4n) is 3.00. The van der Waals surface area contributed by atoms with Gasteiger partial charge in [0.25, 0.3) is 0 Å². The zero-order valence-electron chi connectivity index (χ0n) is 18.4. The van der Waals surface area contributed by atoms with Crippen LogP contribution in [-0.4, -0.2) is 24.2 Å². The van der Waals surface area contributed by atoms with Gasteiger partial charge < -0.3 is 19.2 Å². The van der Waals surface area contributed by atoms with E-state index >= 15 is 0 Å². The fourth-order valence-corrected chi connectivity index (χ4v) is 3.00. The molecule has 0 aliphatic carbocycles. The van der Waals surface area contributed by atoms with Crippen molar-refractivity contribution in [2.75, 3.05) is 6.54 Å². The summed E-state index contributed by atoms with van der Waals surface area (Å²) < 4.78 is 16.0. The minimum absolute atomic E-state index is 0.133. The van der Waals surface area contributed by atoms with Gasteiger partial charge in [0, 0.05) is 30.0 Å². The van der Waals surface area contributed by atoms with Crippen LogP contribution < -0.4 is 15.7 Å². The number of fused-ring (bicyclic) bond motifs is 1. The Kier molecular flexibility index (Phi) is 8.03. The summed E-state index contributed by atoms with van der Waals surface area (Å²) in [6.45, 7) is 9.51. The highest BCUT2D eigenvalue weighted by Gasteiger charge is 2.16. The summed E-state index contributed by atoms with van der Waals surface area (Å²) in [5, 5.41) is 3.47. The number of carbonyl (C=O) groups is 2. The molecule has 0 saturated heterocycles. The third-order valence-corrected chi connectivity index (χ3v) is 4.45. The molecule has 0 aliphatic heterocycles. The quantitative estimate of drug-likeness (QED) is 0.291. The van der Waals surface area contributed by atoms with E-state index in [2.05, 4.69) is 12.2 Å². The number of ether oxygens (including phenoxy) is 2. The Hall–Kier alpha value is -2.83. The Bertz CT molecular complexity index is 955. The van der Waals surface area contributed by atoms with Gasteiger partial charge in [-0.2, -0.15) is 0 Å². The van der Waals surface area contributed by atoms with Crippen LogP contribution in [0.1, 0.15) is 64.5 Å². The minimum Gasteiger partial charge on any atom is -0.444 e. The number of esters is 1. The van der Waals surface area contributed by atoms with Crippen molar-refractivity contribution < 1.29 is 23.5 Å². The largest absolute Gasteiger partial charge is 0.444 e. The van der Waals surface area contributed by atoms with Crippen molar-refractivity contribution in [3.05, 3.63) is 39.7 Å². The van der Waals surface area contributed by atoms with Crippen LogP contribution >= 0.6 is 0 Å². The van der Waals surface area contributed by atoms with Gasteiger partial charge in [0.2, 0.25) is 0 Å². The molecule has 2 aromatic rings. The molecule has 1 aromatic carbocycles. The highest BCUT2D eigenvalue weighted by molar-refractivity contribution is 5.86. The molecular formula is C23H31NO6. The van der Waals surface area contributed by atoms with E-state index in [4.69, 9.17) is 13.9 Å². The summed E-state index contributed by atoms with van der Waals surface area (Å²) in [7, 11) is 0. The lowest BCUT2D eigenvalue weighted by molar-refractivity contribution is -0.134. The average molecular weight is 418 g/mol. The average Bonchev–Trinajstić information content (AvgIpc) is 2.64. The van der Waals surface area contributed by atoms with E-state index in [1.165, 1.54) is 6.07 Å². The van der Waals surface area contributed by atoms with Crippen LogP contribution in [0.2, 0.25) is 0 Å². The Labute approximate surface area is 176 Å². The second kappa shape index (κ2) is 10.3. The molecule has 0 atom stereocenters. The molecule has 0 fully saturated rings. The molecule has 0 radical (unpaired) electrons. The van der Waals surface area contributed by atoms with E-state index in [9.17, 15) is 14.4 Å². The van der Waals surface area contributed by atoms with Crippen LogP contribution in [0.25, 0.3) is 11.0 Å². The summed E-state index contributed by atoms with van der Waals surface area (Å²) in [5.74, 6) is -0.0590. The molecule has 0 unspecified atom stereocenters. The van der Waals surface area contributed by atoms with Crippen molar-refractivity contribution in [3.8, 4) is 5.75 Å². The summed E-state index contributed by atoms with van der Waals surface area (Å²) in [5.41, 5.74) is 1.03. The maximum absolute atomic E-state index is 12.2. The Morgan fingerprint density at radius 2 is 1.90 bits per heavy atom. The lowest BCUT2D eigenvalue weighted by Crippen LogP contribution is -2.33. The van der Waals surface area contributed by atoms with Gasteiger partial charge in [-0.05, 0) is 64.7 Å². The van der Waals surface area contributed by atoms with Crippen molar-refractivity contribution in [1.29, 1.82) is 0 Å². The van der Waals surface area contributed by atoms with E-state index in [1.807, 2.05) is 6.07 Å². The zero-order chi connectivity index (χ0) is 22.3. The molecule has 164 valence electrons. The van der Waals surface area contributed by atoms with Gasteiger partial charge in [-0.3, -0.25) is 4.79 Å². The van der Waals surface area contributed by atoms with E-state index in [0.717, 1.165) is 30.2 Å². The van der Waals surface area contributed by atoms with E-state index in [1.54, 1.807) is 33.8 Å². The van der Waals surface area contributed by atoms with Crippen LogP contribution in [0.3, 0.4) is 0 Å². The van der Waals surface area contributed by atoms with Crippen molar-refractivity contribution in [1.82, 2.24) is 5.32 Å². The zero-order valence-corrected chi connectivity index (χ0v) is 18.4. The standard InChI is InChI=1S/C23H31NO6/c1-6-7-9-16-14-20(26)29-21-15(2)18(12-11-17(16)21)28-19(25)10-8-13-24-22(27)30-23(3,4)5/h11-12,14H,6-10,13H2,1-5H3,(H,24,27). The molecule has 2 rings (SSSR count). The van der Waals surface area contributed by atoms with Gasteiger partial charge in [-0.1, -0.05) is 13.3 Å². The van der Waals surface area contributed by atoms with Crippen LogP contribution in [-0.2, 0) is 16.0 Å². The second-order valence-corrected chi connectivity index (χ2v) is 8.27. The fraction of sp³-hybridized carbons (Fsp3) is 0.522. The highest BCUT2D eigenvalue weighted by atomic mass is 16.6. The second-order valence-electron chi connectivity index (χ2n) is 8.27. The van der Waals surface area contributed by atoms with Crippen LogP contribution in [0.15, 0.2) is 27.4 Å². The summed E-state index contributed by atoms with van der Waals surface area (Å²) in [6, 6.07) is 5.08. The van der Waals surface area contributed by atoms with Crippen LogP contribution in [0.5, 0.6) is 5.75 Å². The van der Waals surface area contributed by atoms with E-state index < -0.39 is 23.3 Å². The molecule has 0 aliphatic rings. The first-order valence-electron chi connectivity index (χ1n) is 10.3. The van der Waals surface area contributed by atoms with Gasteiger partial charge in [0.05, 0.1) is 0 Å². The first kappa shape index (κ1) is 23.4. The first-order chi connectivity index (χ1) is 14.1. The first-order valence-corrected chi connectivity index (χ1v) is 10.3. The number of alkyl carbamates (subject to hydrolysis) is 1. The van der Waals surface area contributed by atoms with Crippen molar-refractivity contribution in [2.24, 2.45) is 0 Å². The summed E-state index contributed by atoms with van der Waals surface area (Å²) >= 11 is 0. The molecule has 1 aromatic heterocycles. The molecule has 7 heteroatoms. The number of unbranched alkanes of at least 4 members (excludes halogenated alkanes) is 1. The topological polar surface area (TPSA) is 94.8 Å². The highest BCUT2D eigenvalue weighted by Crippen LogP contribution is 2.29. The normalized spacial score (nSPS) is 11.4. The maximum Gasteiger partial charge on any atom is 0.407 e. The molecule has 1 heterocycles. The third-order valence-electron chi connectivity index (χ3n) is 4.45. The third kappa shape index (κ3) is 6.90. The number of amides is 1. The van der Waals surface area contributed by atoms with E-state index in [-0.39, 0.29) is 6.42 Å². The number of nitrogens with one attached hydrogen (secondary N) is 1. The number of rotatable bonds is 8. The lowest BCUT2D eigenvalue weighted by Gasteiger charge is -2.19. The molecule has 0 spiro atoms. The lowest BCUT2D eigenvalue weighted by atomic mass is 10.0. The van der Waals surface area contributed by atoms with Crippen LogP contribution in [0, 0.1) is 6.92 Å². The van der Waals surface area contributed by atoms with Gasteiger partial charge in [-0.25, -0.2) is 9.59 Å². The maximum atomic E-state index is 12.2. The van der Waals surface area contributed by atoms with Crippen LogP contribution in [0.4, 0.5) is 4.79 Å². The van der Waals surface area contributed by atoms with Gasteiger partial charge in [-0.15, -0.1) is 0 Å². The Balaban J connectivity index is 1.98. The minimum atomic E-state index is -0.567. The number of hydrogen-bond acceptors (Lipinski definition) is 6. The van der Waals surface area contributed by atoms with Gasteiger partial charge >= 0.3 is 17.7 Å². The molecular weight excluding hydrogens is 386 g/mol. The Morgan fingerprint density at radius 1 is 1.17 bits per heavy atom. The van der Waals surface area contributed by atoms with Gasteiger partial charge in [0.15, 0.2) is 0 Å². The number of carbonyl (C=O) groups excluding carboxylic acids is 2. The molecule has 0 bridgehead atoms. The summed E-state index contributed by atoms with van der Waals surface area (Å²) in [6.07, 6.45) is 2.83. The van der Waals surface area contributed by atoms with Crippen molar-refractivity contribution in [3.63, 3.8) is 0 Å². The number of aryl methyl sites for hydroxylation is 2. The molecule has 7 nitrogen and oxygen atoms in total. The van der Waals surface area contributed by atoms with Crippen molar-refractivity contribution >= 4 is 23.0 Å². The van der Waals surface area contributed by atoms with E-state index in [0.29, 0.717) is 29.9 Å². The molecule has 30 heavy (non-hydrogen) atoms. The predicted octanol–water partition coefficient (Wildman–Crippen LogP) is 4.65. The number of hydrogen-bond donors (Lipinski definition) is 1. The summed E-state index contributed by atoms with van der Waals surface area (Å²) in [4.78, 5) is 35.7. The Morgan fingerprint density at radius 3 is 2.57 bits per heavy atom. The monoisotopic (exact) mass is 417 g/mol. The predicted molar refractivity (Wildman–Crippen MR) is 115 cm³/mol. The van der Waals surface area contributed by atoms with Crippen molar-refractivity contribution in [2.45, 2.75) is 72.3 Å². The van der Waals surface area contributed by atoms with Gasteiger partial charge in [0.1, 0.15) is 16.9 Å². The SMILES string of the molecule is CCCCc1cc(=O)oc2c(C)c(OC(=O)CCCNC(=O)OC(C)(C)C)ccc12.